The van der Waals surface area contributed by atoms with Gasteiger partial charge in [-0.3, -0.25) is 0 Å². The molecule has 2 aromatic carbocycles. The molecule has 2 N–H and O–H groups in total. The number of hydrogen-bond donors (Lipinski definition) is 2. The van der Waals surface area contributed by atoms with Crippen LogP contribution < -0.4 is 24.8 Å². The summed E-state index contributed by atoms with van der Waals surface area (Å²) in [6.07, 6.45) is 0. The van der Waals surface area contributed by atoms with Crippen LogP contribution in [0.1, 0.15) is 24.1 Å². The lowest BCUT2D eigenvalue weighted by molar-refractivity contribution is 0.174. The van der Waals surface area contributed by atoms with Crippen molar-refractivity contribution < 1.29 is 19.0 Å². The number of fused-ring (bicyclic) bond motifs is 1. The Morgan fingerprint density at radius 3 is 2.84 bits per heavy atom. The first kappa shape index (κ1) is 17.4. The fourth-order valence-corrected chi connectivity index (χ4v) is 2.98. The number of ether oxygens (including phenoxy) is 3. The van der Waals surface area contributed by atoms with Crippen LogP contribution >= 0.6 is 15.9 Å². The second-order valence-electron chi connectivity index (χ2n) is 5.62. The second kappa shape index (κ2) is 7.65. The molecule has 25 heavy (non-hydrogen) atoms. The minimum atomic E-state index is -0.257. The highest BCUT2D eigenvalue weighted by molar-refractivity contribution is 9.10. The molecule has 1 aliphatic rings. The summed E-state index contributed by atoms with van der Waals surface area (Å²) in [6.45, 7) is 2.51. The van der Waals surface area contributed by atoms with Crippen molar-refractivity contribution in [3.8, 4) is 17.2 Å². The maximum atomic E-state index is 12.2. The normalized spacial score (nSPS) is 13.2. The van der Waals surface area contributed by atoms with Gasteiger partial charge >= 0.3 is 6.03 Å². The van der Waals surface area contributed by atoms with Crippen LogP contribution in [0.5, 0.6) is 17.2 Å². The number of rotatable bonds is 5. The molecule has 1 aliphatic heterocycles. The Labute approximate surface area is 154 Å². The number of carbonyl (C=O) groups excluding carboxylic acids is 1. The molecule has 2 amide bonds. The van der Waals surface area contributed by atoms with Gasteiger partial charge in [0.05, 0.1) is 13.2 Å². The highest BCUT2D eigenvalue weighted by atomic mass is 79.9. The van der Waals surface area contributed by atoms with Gasteiger partial charge in [0, 0.05) is 16.6 Å². The van der Waals surface area contributed by atoms with Crippen LogP contribution in [0.2, 0.25) is 0 Å². The summed E-state index contributed by atoms with van der Waals surface area (Å²) in [5, 5.41) is 5.76. The number of halogens is 1. The fourth-order valence-electron chi connectivity index (χ4n) is 2.57. The lowest BCUT2D eigenvalue weighted by atomic mass is 10.1. The minimum Gasteiger partial charge on any atom is -0.496 e. The fraction of sp³-hybridized carbons (Fsp3) is 0.278. The second-order valence-corrected chi connectivity index (χ2v) is 6.53. The van der Waals surface area contributed by atoms with Gasteiger partial charge in [0.1, 0.15) is 5.75 Å². The molecule has 0 saturated heterocycles. The average Bonchev–Trinajstić information content (AvgIpc) is 3.07. The van der Waals surface area contributed by atoms with Crippen LogP contribution in [0.3, 0.4) is 0 Å². The zero-order valence-corrected chi connectivity index (χ0v) is 15.6. The zero-order chi connectivity index (χ0) is 17.8. The van der Waals surface area contributed by atoms with E-state index in [1.807, 2.05) is 43.3 Å². The van der Waals surface area contributed by atoms with E-state index in [0.717, 1.165) is 27.1 Å². The van der Waals surface area contributed by atoms with Gasteiger partial charge in [-0.05, 0) is 42.8 Å². The molecule has 0 aromatic heterocycles. The van der Waals surface area contributed by atoms with Gasteiger partial charge in [-0.15, -0.1) is 0 Å². The molecule has 1 unspecified atom stereocenters. The molecule has 1 atom stereocenters. The molecule has 0 saturated carbocycles. The molecule has 7 heteroatoms. The van der Waals surface area contributed by atoms with Gasteiger partial charge in [-0.2, -0.15) is 0 Å². The van der Waals surface area contributed by atoms with Crippen molar-refractivity contribution in [1.29, 1.82) is 0 Å². The highest BCUT2D eigenvalue weighted by Gasteiger charge is 2.17. The number of urea groups is 1. The Morgan fingerprint density at radius 1 is 1.24 bits per heavy atom. The van der Waals surface area contributed by atoms with Gasteiger partial charge in [-0.25, -0.2) is 4.79 Å². The first-order valence-electron chi connectivity index (χ1n) is 7.83. The van der Waals surface area contributed by atoms with Crippen molar-refractivity contribution >= 4 is 22.0 Å². The molecule has 0 radical (unpaired) electrons. The van der Waals surface area contributed by atoms with E-state index < -0.39 is 0 Å². The van der Waals surface area contributed by atoms with E-state index in [2.05, 4.69) is 26.6 Å². The Bertz CT molecular complexity index is 782. The van der Waals surface area contributed by atoms with Crippen molar-refractivity contribution in [1.82, 2.24) is 10.6 Å². The van der Waals surface area contributed by atoms with Crippen LogP contribution in [0.15, 0.2) is 40.9 Å². The van der Waals surface area contributed by atoms with Crippen LogP contribution in [0.25, 0.3) is 0 Å². The van der Waals surface area contributed by atoms with E-state index in [1.165, 1.54) is 0 Å². The molecule has 1 heterocycles. The summed E-state index contributed by atoms with van der Waals surface area (Å²) < 4.78 is 16.9. The molecular weight excluding hydrogens is 388 g/mol. The number of nitrogens with one attached hydrogen (secondary N) is 2. The predicted octanol–water partition coefficient (Wildman–Crippen LogP) is 3.75. The molecule has 132 valence electrons. The molecule has 6 nitrogen and oxygen atoms in total. The maximum Gasteiger partial charge on any atom is 0.315 e. The van der Waals surface area contributed by atoms with Crippen LogP contribution in [0.4, 0.5) is 4.79 Å². The SMILES string of the molecule is COc1ccc(Br)cc1CNC(=O)NC(C)c1ccc2c(c1)OCO2. The maximum absolute atomic E-state index is 12.2. The van der Waals surface area contributed by atoms with Crippen molar-refractivity contribution in [2.75, 3.05) is 13.9 Å². The van der Waals surface area contributed by atoms with Crippen LogP contribution in [0, 0.1) is 0 Å². The third kappa shape index (κ3) is 4.17. The Kier molecular flexibility index (Phi) is 5.33. The summed E-state index contributed by atoms with van der Waals surface area (Å²) in [6, 6.07) is 10.9. The third-order valence-corrected chi connectivity index (χ3v) is 4.42. The molecule has 3 rings (SSSR count). The van der Waals surface area contributed by atoms with Crippen molar-refractivity contribution in [3.05, 3.63) is 52.0 Å². The van der Waals surface area contributed by atoms with Gasteiger partial charge in [0.2, 0.25) is 6.79 Å². The number of amides is 2. The number of methoxy groups -OCH3 is 1. The van der Waals surface area contributed by atoms with Gasteiger partial charge in [0.15, 0.2) is 11.5 Å². The van der Waals surface area contributed by atoms with Crippen molar-refractivity contribution in [2.24, 2.45) is 0 Å². The van der Waals surface area contributed by atoms with E-state index in [-0.39, 0.29) is 18.9 Å². The lowest BCUT2D eigenvalue weighted by Gasteiger charge is -2.16. The third-order valence-electron chi connectivity index (χ3n) is 3.93. The smallest absolute Gasteiger partial charge is 0.315 e. The number of hydrogen-bond acceptors (Lipinski definition) is 4. The summed E-state index contributed by atoms with van der Waals surface area (Å²) >= 11 is 3.42. The topological polar surface area (TPSA) is 68.8 Å². The molecule has 2 aromatic rings. The first-order chi connectivity index (χ1) is 12.1. The van der Waals surface area contributed by atoms with Crippen molar-refractivity contribution in [2.45, 2.75) is 19.5 Å². The average molecular weight is 407 g/mol. The summed E-state index contributed by atoms with van der Waals surface area (Å²) in [4.78, 5) is 12.2. The Hall–Kier alpha value is -2.41. The predicted molar refractivity (Wildman–Crippen MR) is 97.0 cm³/mol. The zero-order valence-electron chi connectivity index (χ0n) is 14.0. The van der Waals surface area contributed by atoms with Crippen LogP contribution in [-0.2, 0) is 6.54 Å². The van der Waals surface area contributed by atoms with E-state index in [1.54, 1.807) is 7.11 Å². The Morgan fingerprint density at radius 2 is 2.04 bits per heavy atom. The van der Waals surface area contributed by atoms with Crippen LogP contribution in [-0.4, -0.2) is 19.9 Å². The highest BCUT2D eigenvalue weighted by Crippen LogP contribution is 2.34. The van der Waals surface area contributed by atoms with E-state index >= 15 is 0 Å². The first-order valence-corrected chi connectivity index (χ1v) is 8.62. The number of carbonyl (C=O) groups is 1. The lowest BCUT2D eigenvalue weighted by Crippen LogP contribution is -2.36. The summed E-state index contributed by atoms with van der Waals surface area (Å²) in [7, 11) is 1.61. The number of benzene rings is 2. The molecular formula is C18H19BrN2O4. The summed E-state index contributed by atoms with van der Waals surface area (Å²) in [5.41, 5.74) is 1.84. The molecule has 0 spiro atoms. The van der Waals surface area contributed by atoms with Gasteiger partial charge in [-0.1, -0.05) is 22.0 Å². The summed E-state index contributed by atoms with van der Waals surface area (Å²) in [5.74, 6) is 2.15. The molecule has 0 fully saturated rings. The van der Waals surface area contributed by atoms with Gasteiger partial charge < -0.3 is 24.8 Å². The molecule has 0 aliphatic carbocycles. The monoisotopic (exact) mass is 406 g/mol. The Balaban J connectivity index is 1.58. The standard InChI is InChI=1S/C18H19BrN2O4/c1-11(12-3-5-16-17(8-12)25-10-24-16)21-18(22)20-9-13-7-14(19)4-6-15(13)23-2/h3-8,11H,9-10H2,1-2H3,(H2,20,21,22). The van der Waals surface area contributed by atoms with E-state index in [0.29, 0.717) is 12.3 Å². The van der Waals surface area contributed by atoms with Gasteiger partial charge in [0.25, 0.3) is 0 Å². The van der Waals surface area contributed by atoms with E-state index in [9.17, 15) is 4.79 Å². The molecule has 0 bridgehead atoms. The quantitative estimate of drug-likeness (QED) is 0.793. The van der Waals surface area contributed by atoms with E-state index in [4.69, 9.17) is 14.2 Å². The minimum absolute atomic E-state index is 0.168. The largest absolute Gasteiger partial charge is 0.496 e. The van der Waals surface area contributed by atoms with Crippen molar-refractivity contribution in [3.63, 3.8) is 0 Å².